The van der Waals surface area contributed by atoms with Crippen LogP contribution in [0.15, 0.2) is 18.2 Å². The third kappa shape index (κ3) is 4.35. The molecule has 0 atom stereocenters. The summed E-state index contributed by atoms with van der Waals surface area (Å²) in [6, 6.07) is 4.66. The molecule has 0 bridgehead atoms. The Balaban J connectivity index is 0.000000921. The number of nitrogens with one attached hydrogen (secondary N) is 2. The van der Waals surface area contributed by atoms with Crippen molar-refractivity contribution >= 4 is 11.7 Å². The molecule has 0 saturated carbocycles. The first-order valence-electron chi connectivity index (χ1n) is 4.92. The first-order valence-corrected chi connectivity index (χ1v) is 4.92. The molecule has 0 unspecified atom stereocenters. The van der Waals surface area contributed by atoms with E-state index in [1.807, 2.05) is 20.8 Å². The second kappa shape index (κ2) is 6.70. The Bertz CT molecular complexity index is 324. The van der Waals surface area contributed by atoms with Crippen molar-refractivity contribution in [1.29, 1.82) is 0 Å². The molecule has 0 aromatic heterocycles. The quantitative estimate of drug-likeness (QED) is 0.623. The van der Waals surface area contributed by atoms with Crippen LogP contribution in [0.1, 0.15) is 19.4 Å². The van der Waals surface area contributed by atoms with E-state index >= 15 is 0 Å². The van der Waals surface area contributed by atoms with Crippen LogP contribution in [0.2, 0.25) is 0 Å². The van der Waals surface area contributed by atoms with Gasteiger partial charge >= 0.3 is 6.03 Å². The minimum atomic E-state index is -0.346. The topological polar surface area (TPSA) is 61.4 Å². The summed E-state index contributed by atoms with van der Waals surface area (Å²) in [7, 11) is 1.52. The van der Waals surface area contributed by atoms with Gasteiger partial charge in [0.25, 0.3) is 0 Å². The number of hydrogen-bond donors (Lipinski definition) is 3. The second-order valence-electron chi connectivity index (χ2n) is 2.72. The molecule has 0 heterocycles. The van der Waals surface area contributed by atoms with Crippen molar-refractivity contribution in [1.82, 2.24) is 5.32 Å². The summed E-state index contributed by atoms with van der Waals surface area (Å²) >= 11 is 0. The monoisotopic (exact) mass is 210 g/mol. The minimum absolute atomic E-state index is 0.0641. The number of benzene rings is 1. The Morgan fingerprint density at radius 3 is 2.47 bits per heavy atom. The number of phenolic OH excluding ortho intramolecular Hbond substituents is 1. The summed E-state index contributed by atoms with van der Waals surface area (Å²) in [6.07, 6.45) is 0. The van der Waals surface area contributed by atoms with E-state index in [0.717, 1.165) is 5.56 Å². The van der Waals surface area contributed by atoms with E-state index in [4.69, 9.17) is 0 Å². The average Bonchev–Trinajstić information content (AvgIpc) is 2.26. The maximum atomic E-state index is 10.9. The fourth-order valence-electron chi connectivity index (χ4n) is 0.935. The molecular formula is C11H18N2O2. The second-order valence-corrected chi connectivity index (χ2v) is 2.72. The van der Waals surface area contributed by atoms with Crippen LogP contribution in [0.5, 0.6) is 5.75 Å². The van der Waals surface area contributed by atoms with Crippen molar-refractivity contribution in [3.8, 4) is 5.75 Å². The Labute approximate surface area is 90.3 Å². The van der Waals surface area contributed by atoms with Crippen molar-refractivity contribution < 1.29 is 9.90 Å². The third-order valence-corrected chi connectivity index (χ3v) is 1.63. The fraction of sp³-hybridized carbons (Fsp3) is 0.364. The molecule has 2 amide bonds. The fourth-order valence-corrected chi connectivity index (χ4v) is 0.935. The predicted octanol–water partition coefficient (Wildman–Crippen LogP) is 2.48. The van der Waals surface area contributed by atoms with E-state index in [1.54, 1.807) is 18.2 Å². The maximum absolute atomic E-state index is 10.9. The molecule has 0 fully saturated rings. The number of urea groups is 1. The van der Waals surface area contributed by atoms with E-state index in [1.165, 1.54) is 7.05 Å². The molecule has 15 heavy (non-hydrogen) atoms. The zero-order valence-electron chi connectivity index (χ0n) is 9.59. The van der Waals surface area contributed by atoms with E-state index in [-0.39, 0.29) is 11.8 Å². The van der Waals surface area contributed by atoms with Crippen molar-refractivity contribution in [2.75, 3.05) is 12.4 Å². The molecule has 84 valence electrons. The van der Waals surface area contributed by atoms with Gasteiger partial charge in [0.15, 0.2) is 0 Å². The highest BCUT2D eigenvalue weighted by atomic mass is 16.3. The number of aryl methyl sites for hydroxylation is 1. The van der Waals surface area contributed by atoms with Crippen molar-refractivity contribution in [3.05, 3.63) is 23.8 Å². The molecule has 0 spiro atoms. The van der Waals surface area contributed by atoms with Gasteiger partial charge in [-0.1, -0.05) is 19.9 Å². The van der Waals surface area contributed by atoms with Crippen LogP contribution >= 0.6 is 0 Å². The number of aromatic hydroxyl groups is 1. The summed E-state index contributed by atoms with van der Waals surface area (Å²) in [6.45, 7) is 5.88. The Morgan fingerprint density at radius 2 is 1.93 bits per heavy atom. The molecule has 0 aliphatic heterocycles. The van der Waals surface area contributed by atoms with Gasteiger partial charge in [-0.3, -0.25) is 0 Å². The zero-order valence-corrected chi connectivity index (χ0v) is 9.59. The molecule has 1 rings (SSSR count). The first kappa shape index (κ1) is 13.3. The average molecular weight is 210 g/mol. The number of rotatable bonds is 1. The number of amides is 2. The highest BCUT2D eigenvalue weighted by Crippen LogP contribution is 2.23. The summed E-state index contributed by atoms with van der Waals surface area (Å²) in [5.41, 5.74) is 1.39. The van der Waals surface area contributed by atoms with E-state index in [9.17, 15) is 9.90 Å². The largest absolute Gasteiger partial charge is 0.506 e. The SMILES string of the molecule is CC.CNC(=O)Nc1cc(C)ccc1O. The predicted molar refractivity (Wildman–Crippen MR) is 62.3 cm³/mol. The third-order valence-electron chi connectivity index (χ3n) is 1.63. The van der Waals surface area contributed by atoms with Crippen molar-refractivity contribution in [3.63, 3.8) is 0 Å². The summed E-state index contributed by atoms with van der Waals surface area (Å²) < 4.78 is 0. The van der Waals surface area contributed by atoms with Gasteiger partial charge in [-0.15, -0.1) is 0 Å². The molecule has 1 aromatic carbocycles. The summed E-state index contributed by atoms with van der Waals surface area (Å²) in [5.74, 6) is 0.0641. The molecule has 4 nitrogen and oxygen atoms in total. The molecule has 0 radical (unpaired) electrons. The van der Waals surface area contributed by atoms with E-state index < -0.39 is 0 Å². The van der Waals surface area contributed by atoms with Crippen LogP contribution in [-0.4, -0.2) is 18.2 Å². The number of carbonyl (C=O) groups is 1. The van der Waals surface area contributed by atoms with Crippen LogP contribution in [-0.2, 0) is 0 Å². The van der Waals surface area contributed by atoms with Crippen molar-refractivity contribution in [2.45, 2.75) is 20.8 Å². The smallest absolute Gasteiger partial charge is 0.319 e. The Kier molecular flexibility index (Phi) is 5.94. The highest BCUT2D eigenvalue weighted by molar-refractivity contribution is 5.90. The molecule has 0 saturated heterocycles. The van der Waals surface area contributed by atoms with Gasteiger partial charge in [-0.05, 0) is 24.6 Å². The molecule has 3 N–H and O–H groups in total. The van der Waals surface area contributed by atoms with Gasteiger partial charge < -0.3 is 15.7 Å². The lowest BCUT2D eigenvalue weighted by Gasteiger charge is -2.06. The number of phenols is 1. The molecule has 1 aromatic rings. The molecular weight excluding hydrogens is 192 g/mol. The lowest BCUT2D eigenvalue weighted by molar-refractivity contribution is 0.254. The standard InChI is InChI=1S/C9H12N2O2.C2H6/c1-6-3-4-8(12)7(5-6)11-9(13)10-2;1-2/h3-5,12H,1-2H3,(H2,10,11,13);1-2H3. The van der Waals surface area contributed by atoms with Gasteiger partial charge in [0, 0.05) is 7.05 Å². The van der Waals surface area contributed by atoms with E-state index in [2.05, 4.69) is 10.6 Å². The lowest BCUT2D eigenvalue weighted by atomic mass is 10.2. The van der Waals surface area contributed by atoms with Gasteiger partial charge in [0.05, 0.1) is 5.69 Å². The lowest BCUT2D eigenvalue weighted by Crippen LogP contribution is -2.24. The number of anilines is 1. The van der Waals surface area contributed by atoms with Crippen LogP contribution < -0.4 is 10.6 Å². The van der Waals surface area contributed by atoms with Crippen LogP contribution in [0.3, 0.4) is 0 Å². The molecule has 0 aliphatic rings. The van der Waals surface area contributed by atoms with Crippen LogP contribution in [0.4, 0.5) is 10.5 Å². The van der Waals surface area contributed by atoms with Crippen molar-refractivity contribution in [2.24, 2.45) is 0 Å². The van der Waals surface area contributed by atoms with Crippen LogP contribution in [0.25, 0.3) is 0 Å². The normalized spacial score (nSPS) is 8.53. The Morgan fingerprint density at radius 1 is 1.33 bits per heavy atom. The van der Waals surface area contributed by atoms with Gasteiger partial charge in [0.1, 0.15) is 5.75 Å². The van der Waals surface area contributed by atoms with E-state index in [0.29, 0.717) is 5.69 Å². The Hall–Kier alpha value is -1.71. The number of carbonyl (C=O) groups excluding carboxylic acids is 1. The minimum Gasteiger partial charge on any atom is -0.506 e. The van der Waals surface area contributed by atoms with Gasteiger partial charge in [0.2, 0.25) is 0 Å². The van der Waals surface area contributed by atoms with Gasteiger partial charge in [-0.25, -0.2) is 4.79 Å². The maximum Gasteiger partial charge on any atom is 0.319 e. The molecule has 0 aliphatic carbocycles. The number of hydrogen-bond acceptors (Lipinski definition) is 2. The first-order chi connectivity index (χ1) is 7.13. The summed E-state index contributed by atoms with van der Waals surface area (Å²) in [4.78, 5) is 10.9. The zero-order chi connectivity index (χ0) is 11.8. The van der Waals surface area contributed by atoms with Crippen LogP contribution in [0, 0.1) is 6.92 Å². The highest BCUT2D eigenvalue weighted by Gasteiger charge is 2.03. The molecule has 4 heteroatoms. The van der Waals surface area contributed by atoms with Gasteiger partial charge in [-0.2, -0.15) is 0 Å². The summed E-state index contributed by atoms with van der Waals surface area (Å²) in [5, 5.41) is 14.2.